The van der Waals surface area contributed by atoms with Crippen molar-refractivity contribution in [2.24, 2.45) is 5.73 Å². The Labute approximate surface area is 106 Å². The molecule has 0 fully saturated rings. The number of benzene rings is 1. The molecule has 0 spiro atoms. The SMILES string of the molecule is Cc1ncn(C(c2ccc(F)cc2)C(C)N)c1C. The number of hydrogen-bond acceptors (Lipinski definition) is 2. The number of aryl methyl sites for hydroxylation is 1. The first kappa shape index (κ1) is 12.8. The Morgan fingerprint density at radius 2 is 1.83 bits per heavy atom. The second-order valence-electron chi connectivity index (χ2n) is 4.68. The van der Waals surface area contributed by atoms with Crippen LogP contribution in [0.25, 0.3) is 0 Å². The van der Waals surface area contributed by atoms with E-state index in [1.807, 2.05) is 25.3 Å². The van der Waals surface area contributed by atoms with E-state index in [1.165, 1.54) is 12.1 Å². The molecule has 0 saturated heterocycles. The molecular weight excluding hydrogens is 229 g/mol. The molecule has 0 saturated carbocycles. The van der Waals surface area contributed by atoms with Gasteiger partial charge in [-0.3, -0.25) is 0 Å². The summed E-state index contributed by atoms with van der Waals surface area (Å²) in [4.78, 5) is 4.30. The fraction of sp³-hybridized carbons (Fsp3) is 0.357. The predicted octanol–water partition coefficient (Wildman–Crippen LogP) is 2.58. The van der Waals surface area contributed by atoms with E-state index in [0.29, 0.717) is 0 Å². The van der Waals surface area contributed by atoms with Crippen LogP contribution >= 0.6 is 0 Å². The molecule has 0 bridgehead atoms. The monoisotopic (exact) mass is 247 g/mol. The minimum absolute atomic E-state index is 0.0215. The first-order valence-corrected chi connectivity index (χ1v) is 6.01. The summed E-state index contributed by atoms with van der Waals surface area (Å²) in [6, 6.07) is 6.37. The first-order chi connectivity index (χ1) is 8.50. The third-order valence-electron chi connectivity index (χ3n) is 3.30. The molecule has 4 heteroatoms. The molecule has 0 aliphatic heterocycles. The number of rotatable bonds is 3. The number of aromatic nitrogens is 2. The fourth-order valence-electron chi connectivity index (χ4n) is 2.17. The third kappa shape index (κ3) is 2.29. The molecule has 0 aliphatic rings. The lowest BCUT2D eigenvalue weighted by Crippen LogP contribution is -2.30. The van der Waals surface area contributed by atoms with Gasteiger partial charge in [0.25, 0.3) is 0 Å². The summed E-state index contributed by atoms with van der Waals surface area (Å²) in [6.45, 7) is 5.93. The van der Waals surface area contributed by atoms with Gasteiger partial charge in [-0.2, -0.15) is 0 Å². The molecule has 2 unspecified atom stereocenters. The maximum atomic E-state index is 13.0. The van der Waals surface area contributed by atoms with Gasteiger partial charge in [0.15, 0.2) is 0 Å². The van der Waals surface area contributed by atoms with Gasteiger partial charge in [0.05, 0.1) is 18.1 Å². The van der Waals surface area contributed by atoms with Gasteiger partial charge in [-0.1, -0.05) is 12.1 Å². The quantitative estimate of drug-likeness (QED) is 0.906. The van der Waals surface area contributed by atoms with Crippen molar-refractivity contribution in [1.29, 1.82) is 0 Å². The van der Waals surface area contributed by atoms with E-state index in [4.69, 9.17) is 5.73 Å². The van der Waals surface area contributed by atoms with Crippen molar-refractivity contribution in [3.8, 4) is 0 Å². The molecular formula is C14H18FN3. The van der Waals surface area contributed by atoms with Crippen LogP contribution in [-0.2, 0) is 0 Å². The molecule has 2 atom stereocenters. The van der Waals surface area contributed by atoms with Crippen LogP contribution in [0.2, 0.25) is 0 Å². The van der Waals surface area contributed by atoms with Crippen molar-refractivity contribution in [3.63, 3.8) is 0 Å². The molecule has 96 valence electrons. The number of hydrogen-bond donors (Lipinski definition) is 1. The lowest BCUT2D eigenvalue weighted by atomic mass is 10.0. The van der Waals surface area contributed by atoms with Gasteiger partial charge in [-0.05, 0) is 38.5 Å². The van der Waals surface area contributed by atoms with Crippen LogP contribution in [0, 0.1) is 19.7 Å². The molecule has 2 rings (SSSR count). The maximum Gasteiger partial charge on any atom is 0.123 e. The zero-order valence-corrected chi connectivity index (χ0v) is 10.9. The first-order valence-electron chi connectivity index (χ1n) is 6.01. The lowest BCUT2D eigenvalue weighted by Gasteiger charge is -2.24. The molecule has 0 amide bonds. The summed E-state index contributed by atoms with van der Waals surface area (Å²) in [5.74, 6) is -0.235. The Kier molecular flexibility index (Phi) is 3.48. The molecule has 0 radical (unpaired) electrons. The van der Waals surface area contributed by atoms with Crippen molar-refractivity contribution in [2.75, 3.05) is 0 Å². The van der Waals surface area contributed by atoms with Crippen molar-refractivity contribution in [3.05, 3.63) is 53.4 Å². The highest BCUT2D eigenvalue weighted by Gasteiger charge is 2.20. The minimum atomic E-state index is -0.235. The summed E-state index contributed by atoms with van der Waals surface area (Å²) in [5.41, 5.74) is 9.14. The summed E-state index contributed by atoms with van der Waals surface area (Å²) < 4.78 is 15.0. The predicted molar refractivity (Wildman–Crippen MR) is 69.9 cm³/mol. The van der Waals surface area contributed by atoms with Gasteiger partial charge in [0.1, 0.15) is 5.82 Å². The van der Waals surface area contributed by atoms with E-state index in [2.05, 4.69) is 4.98 Å². The molecule has 2 aromatic rings. The Morgan fingerprint density at radius 1 is 1.22 bits per heavy atom. The minimum Gasteiger partial charge on any atom is -0.326 e. The largest absolute Gasteiger partial charge is 0.326 e. The van der Waals surface area contributed by atoms with Gasteiger partial charge in [-0.15, -0.1) is 0 Å². The van der Waals surface area contributed by atoms with E-state index in [0.717, 1.165) is 17.0 Å². The fourth-order valence-corrected chi connectivity index (χ4v) is 2.17. The van der Waals surface area contributed by atoms with Crippen LogP contribution < -0.4 is 5.73 Å². The Balaban J connectivity index is 2.46. The zero-order chi connectivity index (χ0) is 13.3. The van der Waals surface area contributed by atoms with E-state index in [-0.39, 0.29) is 17.9 Å². The summed E-state index contributed by atoms with van der Waals surface area (Å²) in [5, 5.41) is 0. The summed E-state index contributed by atoms with van der Waals surface area (Å²) in [6.07, 6.45) is 1.79. The van der Waals surface area contributed by atoms with Crippen LogP contribution in [0.3, 0.4) is 0 Å². The van der Waals surface area contributed by atoms with Crippen molar-refractivity contribution < 1.29 is 4.39 Å². The van der Waals surface area contributed by atoms with E-state index in [1.54, 1.807) is 18.5 Å². The molecule has 18 heavy (non-hydrogen) atoms. The van der Waals surface area contributed by atoms with Gasteiger partial charge in [-0.25, -0.2) is 9.37 Å². The lowest BCUT2D eigenvalue weighted by molar-refractivity contribution is 0.486. The normalized spacial score (nSPS) is 14.5. The molecule has 2 N–H and O–H groups in total. The molecule has 3 nitrogen and oxygen atoms in total. The number of nitrogens with zero attached hydrogens (tertiary/aromatic N) is 2. The second-order valence-corrected chi connectivity index (χ2v) is 4.68. The average molecular weight is 247 g/mol. The Bertz CT molecular complexity index is 528. The van der Waals surface area contributed by atoms with Crippen LogP contribution in [0.15, 0.2) is 30.6 Å². The van der Waals surface area contributed by atoms with Crippen molar-refractivity contribution >= 4 is 0 Å². The maximum absolute atomic E-state index is 13.0. The van der Waals surface area contributed by atoms with Crippen molar-refractivity contribution in [1.82, 2.24) is 9.55 Å². The molecule has 1 aromatic carbocycles. The average Bonchev–Trinajstić information content (AvgIpc) is 2.64. The van der Waals surface area contributed by atoms with E-state index < -0.39 is 0 Å². The smallest absolute Gasteiger partial charge is 0.123 e. The highest BCUT2D eigenvalue weighted by atomic mass is 19.1. The van der Waals surface area contributed by atoms with E-state index in [9.17, 15) is 4.39 Å². The third-order valence-corrected chi connectivity index (χ3v) is 3.30. The van der Waals surface area contributed by atoms with Gasteiger partial charge in [0, 0.05) is 11.7 Å². The van der Waals surface area contributed by atoms with Gasteiger partial charge >= 0.3 is 0 Å². The highest BCUT2D eigenvalue weighted by Crippen LogP contribution is 2.24. The van der Waals surface area contributed by atoms with Crippen LogP contribution in [-0.4, -0.2) is 15.6 Å². The van der Waals surface area contributed by atoms with Gasteiger partial charge in [0.2, 0.25) is 0 Å². The zero-order valence-electron chi connectivity index (χ0n) is 10.9. The number of imidazole rings is 1. The summed E-state index contributed by atoms with van der Waals surface area (Å²) in [7, 11) is 0. The number of halogens is 1. The molecule has 1 heterocycles. The Morgan fingerprint density at radius 3 is 2.28 bits per heavy atom. The van der Waals surface area contributed by atoms with Crippen LogP contribution in [0.4, 0.5) is 4.39 Å². The standard InChI is InChI=1S/C14H18FN3/c1-9(16)14(12-4-6-13(15)7-5-12)18-8-17-10(2)11(18)3/h4-9,14H,16H2,1-3H3. The van der Waals surface area contributed by atoms with Gasteiger partial charge < -0.3 is 10.3 Å². The van der Waals surface area contributed by atoms with E-state index >= 15 is 0 Å². The van der Waals surface area contributed by atoms with Crippen LogP contribution in [0.1, 0.15) is 29.9 Å². The summed E-state index contributed by atoms with van der Waals surface area (Å²) >= 11 is 0. The second kappa shape index (κ2) is 4.90. The molecule has 0 aliphatic carbocycles. The number of nitrogens with two attached hydrogens (primary N) is 1. The topological polar surface area (TPSA) is 43.8 Å². The van der Waals surface area contributed by atoms with Crippen LogP contribution in [0.5, 0.6) is 0 Å². The highest BCUT2D eigenvalue weighted by molar-refractivity contribution is 5.24. The van der Waals surface area contributed by atoms with Crippen molar-refractivity contribution in [2.45, 2.75) is 32.9 Å². The Hall–Kier alpha value is -1.68. The molecule has 1 aromatic heterocycles.